The van der Waals surface area contributed by atoms with Crippen LogP contribution in [0, 0.1) is 0 Å². The van der Waals surface area contributed by atoms with E-state index in [1.165, 1.54) is 10.3 Å². The smallest absolute Gasteiger partial charge is 0.184 e. The average Bonchev–Trinajstić information content (AvgIpc) is 2.87. The van der Waals surface area contributed by atoms with Gasteiger partial charge in [-0.1, -0.05) is 53.8 Å². The van der Waals surface area contributed by atoms with Crippen molar-refractivity contribution in [3.63, 3.8) is 0 Å². The van der Waals surface area contributed by atoms with E-state index in [1.54, 1.807) is 11.3 Å². The summed E-state index contributed by atoms with van der Waals surface area (Å²) < 4.78 is 1.24. The minimum absolute atomic E-state index is 0.0315. The van der Waals surface area contributed by atoms with Gasteiger partial charge in [0.25, 0.3) is 0 Å². The Kier molecular flexibility index (Phi) is 3.93. The van der Waals surface area contributed by atoms with Crippen LogP contribution in [0.1, 0.15) is 25.8 Å². The van der Waals surface area contributed by atoms with Gasteiger partial charge in [0.05, 0.1) is 10.2 Å². The van der Waals surface area contributed by atoms with Crippen LogP contribution in [0.3, 0.4) is 0 Å². The van der Waals surface area contributed by atoms with Crippen LogP contribution in [0.4, 0.5) is 5.13 Å². The number of aryl methyl sites for hydroxylation is 1. The summed E-state index contributed by atoms with van der Waals surface area (Å²) in [7, 11) is 0. The number of hydrogen-bond acceptors (Lipinski definition) is 3. The lowest BCUT2D eigenvalue weighted by Crippen LogP contribution is -2.31. The Labute approximate surface area is 129 Å². The second-order valence-electron chi connectivity index (χ2n) is 5.98. The van der Waals surface area contributed by atoms with Crippen molar-refractivity contribution >= 4 is 26.7 Å². The summed E-state index contributed by atoms with van der Waals surface area (Å²) in [5, 5.41) is 4.59. The van der Waals surface area contributed by atoms with Crippen molar-refractivity contribution in [2.45, 2.75) is 32.2 Å². The fourth-order valence-corrected chi connectivity index (χ4v) is 3.42. The maximum Gasteiger partial charge on any atom is 0.184 e. The topological polar surface area (TPSA) is 24.9 Å². The van der Waals surface area contributed by atoms with Crippen LogP contribution in [0.5, 0.6) is 0 Å². The zero-order chi connectivity index (χ0) is 14.7. The number of benzene rings is 2. The van der Waals surface area contributed by atoms with Crippen LogP contribution in [0.25, 0.3) is 10.2 Å². The van der Waals surface area contributed by atoms with E-state index in [0.29, 0.717) is 0 Å². The third kappa shape index (κ3) is 3.61. The van der Waals surface area contributed by atoms with Gasteiger partial charge in [-0.25, -0.2) is 4.98 Å². The molecule has 3 heteroatoms. The number of para-hydroxylation sites is 1. The Balaban J connectivity index is 1.67. The molecule has 108 valence electrons. The Morgan fingerprint density at radius 3 is 2.48 bits per heavy atom. The van der Waals surface area contributed by atoms with E-state index < -0.39 is 0 Å². The predicted molar refractivity (Wildman–Crippen MR) is 92.1 cm³/mol. The molecule has 2 nitrogen and oxygen atoms in total. The van der Waals surface area contributed by atoms with Gasteiger partial charge in [0.15, 0.2) is 5.13 Å². The molecule has 0 aliphatic carbocycles. The number of nitrogens with zero attached hydrogens (tertiary/aromatic N) is 1. The number of fused-ring (bicyclic) bond motifs is 1. The Morgan fingerprint density at radius 2 is 1.71 bits per heavy atom. The van der Waals surface area contributed by atoms with Gasteiger partial charge < -0.3 is 5.32 Å². The maximum atomic E-state index is 4.66. The first-order valence-electron chi connectivity index (χ1n) is 7.30. The molecule has 0 saturated heterocycles. The van der Waals surface area contributed by atoms with E-state index in [2.05, 4.69) is 72.7 Å². The highest BCUT2D eigenvalue weighted by Gasteiger charge is 2.19. The van der Waals surface area contributed by atoms with Crippen molar-refractivity contribution in [3.05, 3.63) is 60.2 Å². The number of nitrogens with one attached hydrogen (secondary N) is 1. The summed E-state index contributed by atoms with van der Waals surface area (Å²) in [6, 6.07) is 18.9. The van der Waals surface area contributed by atoms with Crippen molar-refractivity contribution in [3.8, 4) is 0 Å². The van der Waals surface area contributed by atoms with Gasteiger partial charge in [-0.15, -0.1) is 0 Å². The molecular formula is C18H20N2S. The first-order chi connectivity index (χ1) is 10.1. The average molecular weight is 296 g/mol. The Bertz CT molecular complexity index is 683. The van der Waals surface area contributed by atoms with Crippen molar-refractivity contribution in [2.75, 3.05) is 5.32 Å². The fraction of sp³-hybridized carbons (Fsp3) is 0.278. The monoisotopic (exact) mass is 296 g/mol. The molecule has 1 N–H and O–H groups in total. The standard InChI is InChI=1S/C18H20N2S/c1-18(2,13-12-14-8-4-3-5-9-14)20-17-19-15-10-6-7-11-16(15)21-17/h3-11H,12-13H2,1-2H3,(H,19,20). The molecule has 1 aromatic heterocycles. The van der Waals surface area contributed by atoms with Gasteiger partial charge in [0, 0.05) is 5.54 Å². The van der Waals surface area contributed by atoms with Crippen molar-refractivity contribution in [1.82, 2.24) is 4.98 Å². The first-order valence-corrected chi connectivity index (χ1v) is 8.12. The van der Waals surface area contributed by atoms with Crippen LogP contribution in [-0.4, -0.2) is 10.5 Å². The molecule has 3 aromatic rings. The summed E-state index contributed by atoms with van der Waals surface area (Å²) in [6.45, 7) is 4.48. The molecule has 2 aromatic carbocycles. The van der Waals surface area contributed by atoms with E-state index in [9.17, 15) is 0 Å². The van der Waals surface area contributed by atoms with E-state index in [4.69, 9.17) is 0 Å². The molecular weight excluding hydrogens is 276 g/mol. The molecule has 0 unspecified atom stereocenters. The molecule has 0 aliphatic rings. The van der Waals surface area contributed by atoms with Crippen molar-refractivity contribution < 1.29 is 0 Å². The van der Waals surface area contributed by atoms with Gasteiger partial charge >= 0.3 is 0 Å². The van der Waals surface area contributed by atoms with E-state index in [-0.39, 0.29) is 5.54 Å². The van der Waals surface area contributed by atoms with E-state index in [0.717, 1.165) is 23.5 Å². The lowest BCUT2D eigenvalue weighted by Gasteiger charge is -2.26. The molecule has 0 aliphatic heterocycles. The number of hydrogen-bond donors (Lipinski definition) is 1. The van der Waals surface area contributed by atoms with Crippen LogP contribution < -0.4 is 5.32 Å². The van der Waals surface area contributed by atoms with Crippen LogP contribution >= 0.6 is 11.3 Å². The number of rotatable bonds is 5. The normalized spacial score (nSPS) is 11.7. The van der Waals surface area contributed by atoms with Gasteiger partial charge in [-0.05, 0) is 44.4 Å². The van der Waals surface area contributed by atoms with Gasteiger partial charge in [0.2, 0.25) is 0 Å². The second kappa shape index (κ2) is 5.86. The molecule has 0 spiro atoms. The number of anilines is 1. The highest BCUT2D eigenvalue weighted by atomic mass is 32.1. The van der Waals surface area contributed by atoms with Crippen molar-refractivity contribution in [2.24, 2.45) is 0 Å². The molecule has 0 bridgehead atoms. The third-order valence-electron chi connectivity index (χ3n) is 3.62. The number of thiazole rings is 1. The fourth-order valence-electron chi connectivity index (χ4n) is 2.38. The molecule has 0 fully saturated rings. The van der Waals surface area contributed by atoms with E-state index >= 15 is 0 Å². The lowest BCUT2D eigenvalue weighted by atomic mass is 9.95. The highest BCUT2D eigenvalue weighted by molar-refractivity contribution is 7.22. The molecule has 1 heterocycles. The van der Waals surface area contributed by atoms with Gasteiger partial charge in [-0.2, -0.15) is 0 Å². The van der Waals surface area contributed by atoms with Crippen LogP contribution in [-0.2, 0) is 6.42 Å². The van der Waals surface area contributed by atoms with Crippen LogP contribution in [0.15, 0.2) is 54.6 Å². The summed E-state index contributed by atoms with van der Waals surface area (Å²) in [5.74, 6) is 0. The Morgan fingerprint density at radius 1 is 1.00 bits per heavy atom. The minimum Gasteiger partial charge on any atom is -0.357 e. The van der Waals surface area contributed by atoms with Gasteiger partial charge in [-0.3, -0.25) is 0 Å². The summed E-state index contributed by atoms with van der Waals surface area (Å²) >= 11 is 1.72. The number of aromatic nitrogens is 1. The zero-order valence-corrected chi connectivity index (χ0v) is 13.3. The molecule has 0 radical (unpaired) electrons. The molecule has 21 heavy (non-hydrogen) atoms. The first kappa shape index (κ1) is 14.1. The second-order valence-corrected chi connectivity index (χ2v) is 7.01. The molecule has 0 saturated carbocycles. The molecule has 0 atom stereocenters. The highest BCUT2D eigenvalue weighted by Crippen LogP contribution is 2.28. The molecule has 3 rings (SSSR count). The largest absolute Gasteiger partial charge is 0.357 e. The van der Waals surface area contributed by atoms with Crippen LogP contribution in [0.2, 0.25) is 0 Å². The zero-order valence-electron chi connectivity index (χ0n) is 12.5. The predicted octanol–water partition coefficient (Wildman–Crippen LogP) is 5.12. The quantitative estimate of drug-likeness (QED) is 0.707. The minimum atomic E-state index is 0.0315. The SMILES string of the molecule is CC(C)(CCc1ccccc1)Nc1nc2ccccc2s1. The summed E-state index contributed by atoms with van der Waals surface area (Å²) in [5.41, 5.74) is 2.49. The maximum absolute atomic E-state index is 4.66. The summed E-state index contributed by atoms with van der Waals surface area (Å²) in [4.78, 5) is 4.66. The van der Waals surface area contributed by atoms with Gasteiger partial charge in [0.1, 0.15) is 0 Å². The molecule has 0 amide bonds. The van der Waals surface area contributed by atoms with E-state index in [1.807, 2.05) is 6.07 Å². The lowest BCUT2D eigenvalue weighted by molar-refractivity contribution is 0.518. The summed E-state index contributed by atoms with van der Waals surface area (Å²) in [6.07, 6.45) is 2.15. The third-order valence-corrected chi connectivity index (χ3v) is 4.57. The Hall–Kier alpha value is -1.87. The van der Waals surface area contributed by atoms with Crippen molar-refractivity contribution in [1.29, 1.82) is 0 Å².